The summed E-state index contributed by atoms with van der Waals surface area (Å²) in [6, 6.07) is 2.99. The Kier molecular flexibility index (Phi) is 4.90. The molecule has 0 bridgehead atoms. The fraction of sp³-hybridized carbons (Fsp3) is 0.500. The molecule has 1 aliphatic heterocycles. The van der Waals surface area contributed by atoms with Crippen LogP contribution in [0.3, 0.4) is 0 Å². The van der Waals surface area contributed by atoms with Gasteiger partial charge in [0.2, 0.25) is 5.96 Å². The summed E-state index contributed by atoms with van der Waals surface area (Å²) in [5, 5.41) is 8.76. The highest BCUT2D eigenvalue weighted by Gasteiger charge is 2.26. The first-order valence-electron chi connectivity index (χ1n) is 6.48. The van der Waals surface area contributed by atoms with Crippen molar-refractivity contribution in [1.29, 1.82) is 0 Å². The molecule has 0 spiro atoms. The van der Waals surface area contributed by atoms with Gasteiger partial charge in [0.05, 0.1) is 10.9 Å². The molecule has 1 atom stereocenters. The lowest BCUT2D eigenvalue weighted by Crippen LogP contribution is -2.36. The molecule has 0 amide bonds. The van der Waals surface area contributed by atoms with E-state index in [1.54, 1.807) is 18.1 Å². The fourth-order valence-corrected chi connectivity index (χ4v) is 4.49. The lowest BCUT2D eigenvalue weighted by atomic mass is 10.0. The normalized spacial score (nSPS) is 19.8. The van der Waals surface area contributed by atoms with Gasteiger partial charge in [-0.15, -0.1) is 15.7 Å². The standard InChI is InChI=1S/C12H17ClN4O2S2/c1-4-9-7-17(15-8(9)2)12(14-3)16-21(18,19)11-6-5-10(13)20-11/h5-6,9H,4,7H2,1-3H3,(H,14,16). The molecule has 0 aromatic carbocycles. The number of hydrazone groups is 1. The van der Waals surface area contributed by atoms with E-state index in [4.69, 9.17) is 11.6 Å². The molecule has 1 unspecified atom stereocenters. The third-order valence-electron chi connectivity index (χ3n) is 3.23. The van der Waals surface area contributed by atoms with Crippen molar-refractivity contribution in [2.45, 2.75) is 24.5 Å². The van der Waals surface area contributed by atoms with E-state index in [9.17, 15) is 8.42 Å². The highest BCUT2D eigenvalue weighted by Crippen LogP contribution is 2.27. The minimum absolute atomic E-state index is 0.118. The summed E-state index contributed by atoms with van der Waals surface area (Å²) in [6.45, 7) is 4.64. The molecule has 2 rings (SSSR count). The number of nitrogens with zero attached hydrogens (tertiary/aromatic N) is 3. The molecule has 1 N–H and O–H groups in total. The second-order valence-corrected chi connectivity index (χ2v) is 8.17. The van der Waals surface area contributed by atoms with Crippen molar-refractivity contribution in [3.8, 4) is 0 Å². The summed E-state index contributed by atoms with van der Waals surface area (Å²) >= 11 is 6.76. The van der Waals surface area contributed by atoms with Crippen LogP contribution < -0.4 is 5.32 Å². The Hall–Kier alpha value is -1.12. The average Bonchev–Trinajstić information content (AvgIpc) is 3.02. The van der Waals surface area contributed by atoms with Crippen LogP contribution in [0, 0.1) is 5.92 Å². The van der Waals surface area contributed by atoms with Gasteiger partial charge in [-0.2, -0.15) is 13.5 Å². The van der Waals surface area contributed by atoms with Crippen LogP contribution in [0.5, 0.6) is 0 Å². The van der Waals surface area contributed by atoms with Crippen LogP contribution in [-0.2, 0) is 10.0 Å². The number of hydrogen-bond donors (Lipinski definition) is 1. The lowest BCUT2D eigenvalue weighted by Gasteiger charge is -2.16. The number of nitrogens with one attached hydrogen (secondary N) is 1. The molecular formula is C12H17ClN4O2S2. The molecule has 1 aromatic rings. The van der Waals surface area contributed by atoms with Crippen molar-refractivity contribution in [3.63, 3.8) is 0 Å². The summed E-state index contributed by atoms with van der Waals surface area (Å²) in [5.74, 6) is 0.539. The van der Waals surface area contributed by atoms with Crippen molar-refractivity contribution in [2.24, 2.45) is 15.4 Å². The number of thiophene rings is 1. The average molecular weight is 349 g/mol. The van der Waals surface area contributed by atoms with Gasteiger partial charge in [0, 0.05) is 18.7 Å². The predicted octanol–water partition coefficient (Wildman–Crippen LogP) is 2.38. The van der Waals surface area contributed by atoms with Gasteiger partial charge >= 0.3 is 0 Å². The van der Waals surface area contributed by atoms with Gasteiger partial charge in [0.25, 0.3) is 10.0 Å². The SMILES string of the molecule is CCC1CN(/C(=N/S(=O)(=O)c2ccc(Cl)s2)NC)N=C1C. The van der Waals surface area contributed by atoms with Gasteiger partial charge in [-0.3, -0.25) is 0 Å². The molecule has 1 aliphatic rings. The van der Waals surface area contributed by atoms with E-state index in [1.807, 2.05) is 6.92 Å². The Morgan fingerprint density at radius 2 is 2.33 bits per heavy atom. The topological polar surface area (TPSA) is 74.1 Å². The summed E-state index contributed by atoms with van der Waals surface area (Å²) in [7, 11) is -2.16. The molecule has 0 saturated carbocycles. The van der Waals surface area contributed by atoms with E-state index in [-0.39, 0.29) is 10.2 Å². The first-order valence-corrected chi connectivity index (χ1v) is 9.11. The second-order valence-electron chi connectivity index (χ2n) is 4.63. The van der Waals surface area contributed by atoms with Crippen LogP contribution in [-0.4, -0.2) is 38.7 Å². The van der Waals surface area contributed by atoms with Crippen LogP contribution in [0.15, 0.2) is 25.8 Å². The summed E-state index contributed by atoms with van der Waals surface area (Å²) in [4.78, 5) is 0. The first-order chi connectivity index (χ1) is 9.87. The maximum absolute atomic E-state index is 12.3. The predicted molar refractivity (Wildman–Crippen MR) is 86.6 cm³/mol. The van der Waals surface area contributed by atoms with E-state index in [2.05, 4.69) is 21.7 Å². The molecule has 0 saturated heterocycles. The molecule has 0 aliphatic carbocycles. The monoisotopic (exact) mass is 348 g/mol. The number of rotatable bonds is 3. The summed E-state index contributed by atoms with van der Waals surface area (Å²) in [5.41, 5.74) is 0.983. The van der Waals surface area contributed by atoms with Crippen molar-refractivity contribution < 1.29 is 8.42 Å². The Morgan fingerprint density at radius 3 is 2.81 bits per heavy atom. The third-order valence-corrected chi connectivity index (χ3v) is 6.20. The molecule has 1 aromatic heterocycles. The van der Waals surface area contributed by atoms with Gasteiger partial charge in [-0.25, -0.2) is 5.01 Å². The van der Waals surface area contributed by atoms with Crippen LogP contribution in [0.2, 0.25) is 4.34 Å². The smallest absolute Gasteiger partial charge is 0.295 e. The highest BCUT2D eigenvalue weighted by atomic mass is 35.5. The fourth-order valence-electron chi connectivity index (χ4n) is 2.03. The molecule has 9 heteroatoms. The molecule has 0 radical (unpaired) electrons. The highest BCUT2D eigenvalue weighted by molar-refractivity contribution is 7.92. The molecule has 21 heavy (non-hydrogen) atoms. The summed E-state index contributed by atoms with van der Waals surface area (Å²) < 4.78 is 28.9. The Morgan fingerprint density at radius 1 is 1.62 bits per heavy atom. The Labute approximate surface area is 133 Å². The maximum atomic E-state index is 12.3. The zero-order valence-electron chi connectivity index (χ0n) is 12.0. The van der Waals surface area contributed by atoms with Crippen molar-refractivity contribution >= 4 is 44.6 Å². The van der Waals surface area contributed by atoms with Crippen molar-refractivity contribution in [1.82, 2.24) is 10.3 Å². The second kappa shape index (κ2) is 6.33. The number of guanidine groups is 1. The van der Waals surface area contributed by atoms with Gasteiger partial charge in [-0.05, 0) is 25.5 Å². The van der Waals surface area contributed by atoms with Crippen LogP contribution in [0.4, 0.5) is 0 Å². The lowest BCUT2D eigenvalue weighted by molar-refractivity contribution is 0.428. The van der Waals surface area contributed by atoms with Gasteiger partial charge in [0.1, 0.15) is 4.21 Å². The van der Waals surface area contributed by atoms with Gasteiger partial charge < -0.3 is 5.32 Å². The van der Waals surface area contributed by atoms with E-state index in [0.717, 1.165) is 23.5 Å². The van der Waals surface area contributed by atoms with E-state index in [0.29, 0.717) is 16.8 Å². The largest absolute Gasteiger partial charge is 0.357 e. The quantitative estimate of drug-likeness (QED) is 0.672. The molecule has 116 valence electrons. The third kappa shape index (κ3) is 3.56. The van der Waals surface area contributed by atoms with E-state index in [1.165, 1.54) is 6.07 Å². The van der Waals surface area contributed by atoms with Crippen molar-refractivity contribution in [2.75, 3.05) is 13.6 Å². The van der Waals surface area contributed by atoms with Crippen LogP contribution in [0.1, 0.15) is 20.3 Å². The van der Waals surface area contributed by atoms with Crippen LogP contribution >= 0.6 is 22.9 Å². The molecule has 0 fully saturated rings. The Balaban J connectivity index is 2.30. The molecule has 2 heterocycles. The molecular weight excluding hydrogens is 332 g/mol. The minimum Gasteiger partial charge on any atom is -0.357 e. The van der Waals surface area contributed by atoms with Gasteiger partial charge in [-0.1, -0.05) is 18.5 Å². The van der Waals surface area contributed by atoms with E-state index < -0.39 is 10.0 Å². The van der Waals surface area contributed by atoms with E-state index >= 15 is 0 Å². The van der Waals surface area contributed by atoms with Crippen molar-refractivity contribution in [3.05, 3.63) is 16.5 Å². The number of halogens is 1. The first kappa shape index (κ1) is 16.3. The maximum Gasteiger partial charge on any atom is 0.295 e. The van der Waals surface area contributed by atoms with Gasteiger partial charge in [0.15, 0.2) is 0 Å². The zero-order chi connectivity index (χ0) is 15.6. The molecule has 6 nitrogen and oxygen atoms in total. The Bertz CT molecular complexity index is 681. The van der Waals surface area contributed by atoms with Crippen LogP contribution in [0.25, 0.3) is 0 Å². The summed E-state index contributed by atoms with van der Waals surface area (Å²) in [6.07, 6.45) is 0.954. The minimum atomic E-state index is -3.78. The number of sulfonamides is 1. The zero-order valence-corrected chi connectivity index (χ0v) is 14.4. The number of hydrogen-bond acceptors (Lipinski definition) is 4.